The molecule has 1 aromatic carbocycles. The normalized spacial score (nSPS) is 11.9. The summed E-state index contributed by atoms with van der Waals surface area (Å²) in [5.74, 6) is -6.02. The van der Waals surface area contributed by atoms with Gasteiger partial charge >= 0.3 is 0 Å². The molecule has 0 atom stereocenters. The van der Waals surface area contributed by atoms with Crippen molar-refractivity contribution >= 4 is 37.9 Å². The fourth-order valence-corrected chi connectivity index (χ4v) is 2.80. The first-order valence-corrected chi connectivity index (χ1v) is 5.85. The second kappa shape index (κ2) is 4.50. The lowest BCUT2D eigenvalue weighted by molar-refractivity contribution is 0.460. The minimum Gasteiger partial charge on any atom is -0.204 e. The van der Waals surface area contributed by atoms with Crippen LogP contribution in [0.25, 0.3) is 0 Å². The lowest BCUT2D eigenvalue weighted by Gasteiger charge is -2.05. The average Bonchev–Trinajstić information content (AvgIpc) is 2.09. The Morgan fingerprint density at radius 2 is 1.43 bits per heavy atom. The van der Waals surface area contributed by atoms with Gasteiger partial charge in [-0.1, -0.05) is 0 Å². The average molecular weight is 262 g/mol. The molecule has 0 nitrogen and oxygen atoms in total. The molecule has 0 fully saturated rings. The molecule has 0 N–H and O–H groups in total. The Kier molecular flexibility index (Phi) is 3.80. The second-order valence-electron chi connectivity index (χ2n) is 2.45. The number of alkyl halides is 2. The molecule has 0 aliphatic carbocycles. The molecule has 1 radical (unpaired) electrons. The van der Waals surface area contributed by atoms with Crippen LogP contribution in [0.3, 0.4) is 0 Å². The third kappa shape index (κ3) is 2.40. The van der Waals surface area contributed by atoms with Crippen LogP contribution < -0.4 is 5.19 Å². The van der Waals surface area contributed by atoms with Crippen molar-refractivity contribution in [2.45, 2.75) is 4.46 Å². The minimum atomic E-state index is -1.80. The third-order valence-corrected chi connectivity index (χ3v) is 3.76. The first-order valence-electron chi connectivity index (χ1n) is 3.45. The van der Waals surface area contributed by atoms with Gasteiger partial charge in [0.2, 0.25) is 0 Å². The van der Waals surface area contributed by atoms with Crippen LogP contribution in [0.4, 0.5) is 17.6 Å². The smallest absolute Gasteiger partial charge is 0.169 e. The number of hydrogen-bond acceptors (Lipinski definition) is 0. The molecule has 0 aliphatic heterocycles. The summed E-state index contributed by atoms with van der Waals surface area (Å²) in [6.45, 7) is 0. The number of benzene rings is 1. The van der Waals surface area contributed by atoms with Crippen molar-refractivity contribution in [3.63, 3.8) is 0 Å². The van der Waals surface area contributed by atoms with E-state index in [1.165, 1.54) is 6.07 Å². The lowest BCUT2D eigenvalue weighted by Crippen LogP contribution is -2.29. The Morgan fingerprint density at radius 1 is 1.00 bits per heavy atom. The zero-order chi connectivity index (χ0) is 10.9. The van der Waals surface area contributed by atoms with E-state index in [9.17, 15) is 17.6 Å². The molecule has 0 heterocycles. The minimum absolute atomic E-state index is 0.672. The number of rotatable bonds is 2. The molecule has 1 aromatic rings. The number of hydrogen-bond donors (Lipinski definition) is 0. The summed E-state index contributed by atoms with van der Waals surface area (Å²) in [7, 11) is -1.80. The predicted molar refractivity (Wildman–Crippen MR) is 48.8 cm³/mol. The molecule has 0 aromatic heterocycles. The lowest BCUT2D eigenvalue weighted by atomic mass is 10.3. The first-order chi connectivity index (χ1) is 6.43. The highest BCUT2D eigenvalue weighted by molar-refractivity contribution is 6.75. The van der Waals surface area contributed by atoms with Gasteiger partial charge in [-0.15, -0.1) is 23.2 Å². The van der Waals surface area contributed by atoms with E-state index in [-0.39, 0.29) is 0 Å². The van der Waals surface area contributed by atoms with E-state index in [1.54, 1.807) is 0 Å². The molecule has 0 saturated carbocycles. The van der Waals surface area contributed by atoms with E-state index in [2.05, 4.69) is 0 Å². The maximum absolute atomic E-state index is 12.9. The van der Waals surface area contributed by atoms with Crippen molar-refractivity contribution in [3.8, 4) is 0 Å². The molecule has 14 heavy (non-hydrogen) atoms. The molecule has 7 heteroatoms. The van der Waals surface area contributed by atoms with Crippen LogP contribution in [-0.2, 0) is 0 Å². The summed E-state index contributed by atoms with van der Waals surface area (Å²) in [4.78, 5) is 0. The molecule has 0 unspecified atom stereocenters. The van der Waals surface area contributed by atoms with Crippen LogP contribution in [0, 0.1) is 29.3 Å². The van der Waals surface area contributed by atoms with Gasteiger partial charge in [0.05, 0.1) is 10.5 Å². The highest BCUT2D eigenvalue weighted by Gasteiger charge is 2.21. The van der Waals surface area contributed by atoms with Gasteiger partial charge in [0.15, 0.2) is 23.3 Å². The second-order valence-corrected chi connectivity index (χ2v) is 6.70. The largest absolute Gasteiger partial charge is 0.204 e. The molecule has 0 bridgehead atoms. The monoisotopic (exact) mass is 261 g/mol. The molecule has 1 rings (SSSR count). The van der Waals surface area contributed by atoms with Crippen LogP contribution >= 0.6 is 23.2 Å². The van der Waals surface area contributed by atoms with Gasteiger partial charge in [-0.25, -0.2) is 17.6 Å². The Balaban J connectivity index is 3.25. The van der Waals surface area contributed by atoms with Crippen LogP contribution in [-0.4, -0.2) is 14.0 Å². The third-order valence-electron chi connectivity index (χ3n) is 1.49. The Morgan fingerprint density at radius 3 is 1.79 bits per heavy atom. The molecular formula is C7H3Cl2F4Si. The van der Waals surface area contributed by atoms with Gasteiger partial charge < -0.3 is 0 Å². The van der Waals surface area contributed by atoms with Gasteiger partial charge in [0.1, 0.15) is 9.52 Å². The van der Waals surface area contributed by atoms with E-state index in [0.29, 0.717) is 0 Å². The summed E-state index contributed by atoms with van der Waals surface area (Å²) in [5, 5.41) is -0.672. The van der Waals surface area contributed by atoms with Crippen LogP contribution in [0.2, 0.25) is 0 Å². The highest BCUT2D eigenvalue weighted by Crippen LogP contribution is 2.11. The molecule has 0 aliphatic rings. The van der Waals surface area contributed by atoms with E-state index in [1.807, 2.05) is 0 Å². The molecular weight excluding hydrogens is 259 g/mol. The summed E-state index contributed by atoms with van der Waals surface area (Å²) in [6.07, 6.45) is 0. The van der Waals surface area contributed by atoms with Gasteiger partial charge in [-0.2, -0.15) is 0 Å². The van der Waals surface area contributed by atoms with Crippen LogP contribution in [0.15, 0.2) is 0 Å². The first kappa shape index (κ1) is 11.8. The van der Waals surface area contributed by atoms with Gasteiger partial charge in [0.25, 0.3) is 0 Å². The summed E-state index contributed by atoms with van der Waals surface area (Å²) in [6, 6.07) is 1.27. The summed E-state index contributed by atoms with van der Waals surface area (Å²) >= 11 is 10.6. The van der Waals surface area contributed by atoms with Crippen molar-refractivity contribution in [2.24, 2.45) is 0 Å². The van der Waals surface area contributed by atoms with E-state index in [0.717, 1.165) is 0 Å². The maximum atomic E-state index is 12.9. The zero-order valence-electron chi connectivity index (χ0n) is 6.55. The fourth-order valence-electron chi connectivity index (χ4n) is 0.901. The quantitative estimate of drug-likeness (QED) is 0.329. The van der Waals surface area contributed by atoms with Gasteiger partial charge in [-0.3, -0.25) is 0 Å². The highest BCUT2D eigenvalue weighted by atomic mass is 35.5. The molecule has 0 saturated heterocycles. The van der Waals surface area contributed by atoms with Crippen molar-refractivity contribution in [1.29, 1.82) is 0 Å². The zero-order valence-corrected chi connectivity index (χ0v) is 9.48. The molecule has 0 spiro atoms. The topological polar surface area (TPSA) is 0 Å². The maximum Gasteiger partial charge on any atom is 0.169 e. The standard InChI is InChI=1S/C7H3Cl2F4Si/c8-7(9)14-6-4(12)2(10)1-3(11)5(6)13/h7H,14H2. The summed E-state index contributed by atoms with van der Waals surface area (Å²) in [5.41, 5.74) is 0. The van der Waals surface area contributed by atoms with Crippen molar-refractivity contribution < 1.29 is 17.6 Å². The number of halogens is 6. The Labute approximate surface area is 89.6 Å². The Hall–Kier alpha value is -0.263. The molecule has 77 valence electrons. The predicted octanol–water partition coefficient (Wildman–Crippen LogP) is 1.60. The Bertz CT molecular complexity index is 330. The van der Waals surface area contributed by atoms with Crippen molar-refractivity contribution in [3.05, 3.63) is 29.3 Å². The molecule has 0 amide bonds. The van der Waals surface area contributed by atoms with Crippen LogP contribution in [0.5, 0.6) is 0 Å². The van der Waals surface area contributed by atoms with Gasteiger partial charge in [-0.05, 0) is 0 Å². The van der Waals surface area contributed by atoms with E-state index in [4.69, 9.17) is 23.2 Å². The van der Waals surface area contributed by atoms with Crippen molar-refractivity contribution in [1.82, 2.24) is 0 Å². The SMILES string of the molecule is Fc1[c]c(F)c(F)c([SiH2]C(Cl)Cl)c1F. The fraction of sp³-hybridized carbons (Fsp3) is 0.143. The van der Waals surface area contributed by atoms with E-state index >= 15 is 0 Å². The summed E-state index contributed by atoms with van der Waals surface area (Å²) < 4.78 is 50.0. The van der Waals surface area contributed by atoms with E-state index < -0.39 is 42.4 Å². The van der Waals surface area contributed by atoms with Gasteiger partial charge in [0, 0.05) is 5.19 Å². The van der Waals surface area contributed by atoms with Crippen LogP contribution in [0.1, 0.15) is 0 Å². The van der Waals surface area contributed by atoms with Crippen molar-refractivity contribution in [2.75, 3.05) is 0 Å².